The van der Waals surface area contributed by atoms with E-state index in [2.05, 4.69) is 11.4 Å². The summed E-state index contributed by atoms with van der Waals surface area (Å²) in [5.74, 6) is 1.69. The molecule has 1 heterocycles. The maximum Gasteiger partial charge on any atom is 0.127 e. The summed E-state index contributed by atoms with van der Waals surface area (Å²) in [4.78, 5) is 0. The molecule has 106 valence electrons. The van der Waals surface area contributed by atoms with E-state index in [9.17, 15) is 0 Å². The van der Waals surface area contributed by atoms with Gasteiger partial charge in [0.2, 0.25) is 0 Å². The van der Waals surface area contributed by atoms with Crippen LogP contribution >= 0.6 is 0 Å². The third kappa shape index (κ3) is 4.11. The van der Waals surface area contributed by atoms with Gasteiger partial charge in [-0.15, -0.1) is 0 Å². The SMILES string of the molecule is COc1ccc(CNC2CCCOCC2)c(OC)c1. The molecule has 1 aromatic carbocycles. The molecule has 1 unspecified atom stereocenters. The standard InChI is InChI=1S/C15H23NO3/c1-17-14-6-5-12(15(10-14)18-2)11-16-13-4-3-8-19-9-7-13/h5-6,10,13,16H,3-4,7-9,11H2,1-2H3. The molecule has 1 saturated heterocycles. The highest BCUT2D eigenvalue weighted by Crippen LogP contribution is 2.24. The average Bonchev–Trinajstić information content (AvgIpc) is 2.73. The van der Waals surface area contributed by atoms with Crippen molar-refractivity contribution >= 4 is 0 Å². The zero-order valence-electron chi connectivity index (χ0n) is 11.8. The van der Waals surface area contributed by atoms with Gasteiger partial charge in [0.15, 0.2) is 0 Å². The maximum atomic E-state index is 5.47. The van der Waals surface area contributed by atoms with Crippen molar-refractivity contribution in [2.45, 2.75) is 31.8 Å². The maximum absolute atomic E-state index is 5.47. The first kappa shape index (κ1) is 14.2. The quantitative estimate of drug-likeness (QED) is 0.887. The monoisotopic (exact) mass is 265 g/mol. The molecule has 2 rings (SSSR count). The third-order valence-electron chi connectivity index (χ3n) is 3.53. The number of rotatable bonds is 5. The molecule has 4 heteroatoms. The lowest BCUT2D eigenvalue weighted by molar-refractivity contribution is 0.142. The van der Waals surface area contributed by atoms with Crippen molar-refractivity contribution in [3.8, 4) is 11.5 Å². The van der Waals surface area contributed by atoms with E-state index in [1.54, 1.807) is 14.2 Å². The summed E-state index contributed by atoms with van der Waals surface area (Å²) < 4.78 is 16.1. The zero-order chi connectivity index (χ0) is 13.5. The van der Waals surface area contributed by atoms with Gasteiger partial charge in [0.25, 0.3) is 0 Å². The van der Waals surface area contributed by atoms with Crippen molar-refractivity contribution in [3.63, 3.8) is 0 Å². The van der Waals surface area contributed by atoms with Crippen LogP contribution in [0.25, 0.3) is 0 Å². The number of hydrogen-bond acceptors (Lipinski definition) is 4. The molecule has 19 heavy (non-hydrogen) atoms. The van der Waals surface area contributed by atoms with E-state index >= 15 is 0 Å². The van der Waals surface area contributed by atoms with Crippen LogP contribution in [0.4, 0.5) is 0 Å². The van der Waals surface area contributed by atoms with Crippen molar-refractivity contribution in [1.29, 1.82) is 0 Å². The van der Waals surface area contributed by atoms with E-state index in [4.69, 9.17) is 14.2 Å². The van der Waals surface area contributed by atoms with E-state index in [0.29, 0.717) is 6.04 Å². The minimum atomic E-state index is 0.536. The lowest BCUT2D eigenvalue weighted by Gasteiger charge is -2.17. The second-order valence-corrected chi connectivity index (χ2v) is 4.80. The number of nitrogens with one attached hydrogen (secondary N) is 1. The van der Waals surface area contributed by atoms with Crippen molar-refractivity contribution in [2.75, 3.05) is 27.4 Å². The number of methoxy groups -OCH3 is 2. The lowest BCUT2D eigenvalue weighted by Crippen LogP contribution is -2.28. The minimum absolute atomic E-state index is 0.536. The summed E-state index contributed by atoms with van der Waals surface area (Å²) >= 11 is 0. The van der Waals surface area contributed by atoms with Gasteiger partial charge in [-0.05, 0) is 25.3 Å². The molecule has 1 atom stereocenters. The second-order valence-electron chi connectivity index (χ2n) is 4.80. The van der Waals surface area contributed by atoms with Gasteiger partial charge in [-0.3, -0.25) is 0 Å². The molecule has 0 saturated carbocycles. The topological polar surface area (TPSA) is 39.7 Å². The van der Waals surface area contributed by atoms with Crippen LogP contribution in [0.1, 0.15) is 24.8 Å². The van der Waals surface area contributed by atoms with E-state index < -0.39 is 0 Å². The number of hydrogen-bond donors (Lipinski definition) is 1. The van der Waals surface area contributed by atoms with Gasteiger partial charge < -0.3 is 19.5 Å². The first-order valence-corrected chi connectivity index (χ1v) is 6.85. The lowest BCUT2D eigenvalue weighted by atomic mass is 10.1. The van der Waals surface area contributed by atoms with Gasteiger partial charge in [0.05, 0.1) is 14.2 Å². The molecule has 1 aliphatic heterocycles. The van der Waals surface area contributed by atoms with Crippen LogP contribution in [0.5, 0.6) is 11.5 Å². The Morgan fingerprint density at radius 1 is 1.21 bits per heavy atom. The van der Waals surface area contributed by atoms with Crippen LogP contribution in [0.2, 0.25) is 0 Å². The fourth-order valence-electron chi connectivity index (χ4n) is 2.36. The first-order valence-electron chi connectivity index (χ1n) is 6.85. The van der Waals surface area contributed by atoms with Gasteiger partial charge >= 0.3 is 0 Å². The van der Waals surface area contributed by atoms with Gasteiger partial charge in [-0.25, -0.2) is 0 Å². The number of benzene rings is 1. The molecule has 1 N–H and O–H groups in total. The van der Waals surface area contributed by atoms with Crippen molar-refractivity contribution in [3.05, 3.63) is 23.8 Å². The minimum Gasteiger partial charge on any atom is -0.497 e. The molecule has 1 aliphatic rings. The Hall–Kier alpha value is -1.26. The largest absolute Gasteiger partial charge is 0.497 e. The first-order chi connectivity index (χ1) is 9.33. The van der Waals surface area contributed by atoms with Crippen molar-refractivity contribution in [2.24, 2.45) is 0 Å². The van der Waals surface area contributed by atoms with E-state index in [1.807, 2.05) is 12.1 Å². The van der Waals surface area contributed by atoms with Gasteiger partial charge in [-0.1, -0.05) is 6.07 Å². The Balaban J connectivity index is 1.94. The predicted octanol–water partition coefficient (Wildman–Crippen LogP) is 2.36. The Morgan fingerprint density at radius 2 is 2.11 bits per heavy atom. The van der Waals surface area contributed by atoms with E-state index in [1.165, 1.54) is 6.42 Å². The van der Waals surface area contributed by atoms with Crippen LogP contribution in [0, 0.1) is 0 Å². The highest BCUT2D eigenvalue weighted by molar-refractivity contribution is 5.40. The zero-order valence-corrected chi connectivity index (χ0v) is 11.8. The molecule has 0 spiro atoms. The fraction of sp³-hybridized carbons (Fsp3) is 0.600. The third-order valence-corrected chi connectivity index (χ3v) is 3.53. The van der Waals surface area contributed by atoms with Crippen molar-refractivity contribution < 1.29 is 14.2 Å². The van der Waals surface area contributed by atoms with Crippen LogP contribution in [-0.2, 0) is 11.3 Å². The summed E-state index contributed by atoms with van der Waals surface area (Å²) in [5.41, 5.74) is 1.16. The van der Waals surface area contributed by atoms with Crippen LogP contribution in [-0.4, -0.2) is 33.5 Å². The molecule has 0 aliphatic carbocycles. The van der Waals surface area contributed by atoms with Gasteiger partial charge in [-0.2, -0.15) is 0 Å². The summed E-state index contributed by atoms with van der Waals surface area (Å²) in [6, 6.07) is 6.48. The summed E-state index contributed by atoms with van der Waals surface area (Å²) in [6.45, 7) is 2.57. The molecule has 1 aromatic rings. The second kappa shape index (κ2) is 7.36. The average molecular weight is 265 g/mol. The Bertz CT molecular complexity index is 387. The van der Waals surface area contributed by atoms with Gasteiger partial charge in [0.1, 0.15) is 11.5 Å². The van der Waals surface area contributed by atoms with Crippen molar-refractivity contribution in [1.82, 2.24) is 5.32 Å². The number of ether oxygens (including phenoxy) is 3. The van der Waals surface area contributed by atoms with Crippen LogP contribution in [0.15, 0.2) is 18.2 Å². The molecular formula is C15H23NO3. The van der Waals surface area contributed by atoms with Crippen LogP contribution in [0.3, 0.4) is 0 Å². The molecule has 1 fully saturated rings. The molecule has 0 amide bonds. The normalized spacial score (nSPS) is 19.8. The highest BCUT2D eigenvalue weighted by Gasteiger charge is 2.13. The van der Waals surface area contributed by atoms with Gasteiger partial charge in [0, 0.05) is 37.4 Å². The van der Waals surface area contributed by atoms with E-state index in [-0.39, 0.29) is 0 Å². The highest BCUT2D eigenvalue weighted by atomic mass is 16.5. The van der Waals surface area contributed by atoms with E-state index in [0.717, 1.165) is 49.7 Å². The summed E-state index contributed by atoms with van der Waals surface area (Å²) in [6.07, 6.45) is 3.40. The molecular weight excluding hydrogens is 242 g/mol. The Morgan fingerprint density at radius 3 is 2.89 bits per heavy atom. The summed E-state index contributed by atoms with van der Waals surface area (Å²) in [5, 5.41) is 3.59. The summed E-state index contributed by atoms with van der Waals surface area (Å²) in [7, 11) is 3.36. The Kier molecular flexibility index (Phi) is 5.48. The molecule has 0 radical (unpaired) electrons. The molecule has 4 nitrogen and oxygen atoms in total. The Labute approximate surface area is 115 Å². The molecule has 0 aromatic heterocycles. The van der Waals surface area contributed by atoms with Crippen LogP contribution < -0.4 is 14.8 Å². The fourth-order valence-corrected chi connectivity index (χ4v) is 2.36. The molecule has 0 bridgehead atoms. The smallest absolute Gasteiger partial charge is 0.127 e. The predicted molar refractivity (Wildman–Crippen MR) is 74.8 cm³/mol.